The Hall–Kier alpha value is -0.440. The number of hydrogen-bond donors (Lipinski definition) is 0. The molecule has 0 unspecified atom stereocenters. The van der Waals surface area contributed by atoms with E-state index in [2.05, 4.69) is 12.8 Å². The summed E-state index contributed by atoms with van der Waals surface area (Å²) in [5, 5.41) is 0. The average molecular weight is 208 g/mol. The Kier molecular flexibility index (Phi) is 13.2. The molecule has 0 nitrogen and oxygen atoms in total. The predicted molar refractivity (Wildman–Crippen MR) is 69.9 cm³/mol. The predicted octanol–water partition coefficient (Wildman–Crippen LogP) is 5.32. The minimum absolute atomic E-state index is 0.969. The highest BCUT2D eigenvalue weighted by Gasteiger charge is 1.92. The lowest BCUT2D eigenvalue weighted by molar-refractivity contribution is 0.551. The van der Waals surface area contributed by atoms with Crippen LogP contribution >= 0.6 is 0 Å². The van der Waals surface area contributed by atoms with E-state index < -0.39 is 0 Å². The van der Waals surface area contributed by atoms with Crippen LogP contribution in [0.25, 0.3) is 0 Å². The minimum atomic E-state index is 0.969. The van der Waals surface area contributed by atoms with Crippen LogP contribution in [0.2, 0.25) is 0 Å². The van der Waals surface area contributed by atoms with Crippen LogP contribution < -0.4 is 0 Å². The van der Waals surface area contributed by atoms with E-state index in [4.69, 9.17) is 6.42 Å². The van der Waals surface area contributed by atoms with Gasteiger partial charge in [0, 0.05) is 6.42 Å². The van der Waals surface area contributed by atoms with Gasteiger partial charge in [0.25, 0.3) is 0 Å². The fraction of sp³-hybridized carbons (Fsp3) is 0.867. The van der Waals surface area contributed by atoms with Gasteiger partial charge in [0.1, 0.15) is 0 Å². The second-order valence-electron chi connectivity index (χ2n) is 4.49. The first-order valence-electron chi connectivity index (χ1n) is 6.85. The Morgan fingerprint density at radius 1 is 0.667 bits per heavy atom. The third-order valence-electron chi connectivity index (χ3n) is 2.92. The van der Waals surface area contributed by atoms with E-state index in [1.165, 1.54) is 70.6 Å². The Morgan fingerprint density at radius 3 is 1.47 bits per heavy atom. The van der Waals surface area contributed by atoms with Gasteiger partial charge < -0.3 is 0 Å². The monoisotopic (exact) mass is 208 g/mol. The zero-order chi connectivity index (χ0) is 11.2. The molecule has 15 heavy (non-hydrogen) atoms. The maximum atomic E-state index is 5.20. The number of rotatable bonds is 11. The van der Waals surface area contributed by atoms with Crippen molar-refractivity contribution in [2.75, 3.05) is 0 Å². The molecule has 0 aromatic rings. The van der Waals surface area contributed by atoms with E-state index in [1.54, 1.807) is 0 Å². The summed E-state index contributed by atoms with van der Waals surface area (Å²) in [5.41, 5.74) is 0. The van der Waals surface area contributed by atoms with Crippen molar-refractivity contribution >= 4 is 0 Å². The summed E-state index contributed by atoms with van der Waals surface area (Å²) in [6.07, 6.45) is 21.5. The summed E-state index contributed by atoms with van der Waals surface area (Å²) in [4.78, 5) is 0. The SMILES string of the molecule is C#CCCCCCCCCCCCCC. The molecule has 0 aliphatic rings. The lowest BCUT2D eigenvalue weighted by atomic mass is 10.1. The van der Waals surface area contributed by atoms with E-state index in [0.29, 0.717) is 0 Å². The topological polar surface area (TPSA) is 0 Å². The van der Waals surface area contributed by atoms with E-state index >= 15 is 0 Å². The molecule has 0 heteroatoms. The van der Waals surface area contributed by atoms with Crippen LogP contribution in [0.5, 0.6) is 0 Å². The summed E-state index contributed by atoms with van der Waals surface area (Å²) in [6.45, 7) is 2.27. The van der Waals surface area contributed by atoms with Crippen LogP contribution in [0.1, 0.15) is 84.0 Å². The Balaban J connectivity index is 2.84. The van der Waals surface area contributed by atoms with Crippen molar-refractivity contribution in [3.8, 4) is 12.3 Å². The third-order valence-corrected chi connectivity index (χ3v) is 2.92. The summed E-state index contributed by atoms with van der Waals surface area (Å²) in [5.74, 6) is 2.70. The van der Waals surface area contributed by atoms with Crippen LogP contribution in [0, 0.1) is 12.3 Å². The first-order valence-corrected chi connectivity index (χ1v) is 6.85. The second-order valence-corrected chi connectivity index (χ2v) is 4.49. The van der Waals surface area contributed by atoms with Gasteiger partial charge in [-0.3, -0.25) is 0 Å². The highest BCUT2D eigenvalue weighted by atomic mass is 14.0. The molecule has 0 atom stereocenters. The van der Waals surface area contributed by atoms with Crippen molar-refractivity contribution in [1.82, 2.24) is 0 Å². The van der Waals surface area contributed by atoms with E-state index in [9.17, 15) is 0 Å². The average Bonchev–Trinajstić information content (AvgIpc) is 2.26. The van der Waals surface area contributed by atoms with Crippen molar-refractivity contribution in [2.24, 2.45) is 0 Å². The smallest absolute Gasteiger partial charge is 0.00860 e. The maximum absolute atomic E-state index is 5.20. The normalized spacial score (nSPS) is 10.1. The van der Waals surface area contributed by atoms with Crippen LogP contribution in [0.3, 0.4) is 0 Å². The fourth-order valence-corrected chi connectivity index (χ4v) is 1.89. The molecule has 0 saturated carbocycles. The van der Waals surface area contributed by atoms with Gasteiger partial charge in [-0.1, -0.05) is 71.1 Å². The van der Waals surface area contributed by atoms with Gasteiger partial charge >= 0.3 is 0 Å². The largest absolute Gasteiger partial charge is 0.120 e. The molecule has 88 valence electrons. The Bertz CT molecular complexity index is 141. The molecule has 0 saturated heterocycles. The van der Waals surface area contributed by atoms with Gasteiger partial charge in [-0.25, -0.2) is 0 Å². The number of hydrogen-bond acceptors (Lipinski definition) is 0. The van der Waals surface area contributed by atoms with E-state index in [-0.39, 0.29) is 0 Å². The minimum Gasteiger partial charge on any atom is -0.120 e. The Labute approximate surface area is 96.8 Å². The van der Waals surface area contributed by atoms with Gasteiger partial charge in [0.2, 0.25) is 0 Å². The fourth-order valence-electron chi connectivity index (χ4n) is 1.89. The molecule has 0 aromatic heterocycles. The standard InChI is InChI=1S/C15H28/c1-3-5-7-9-11-13-15-14-12-10-8-6-4-2/h1H,4-15H2,2H3. The molecule has 0 radical (unpaired) electrons. The summed E-state index contributed by atoms with van der Waals surface area (Å²) >= 11 is 0. The van der Waals surface area contributed by atoms with Crippen molar-refractivity contribution in [1.29, 1.82) is 0 Å². The highest BCUT2D eigenvalue weighted by molar-refractivity contribution is 4.82. The molecule has 0 amide bonds. The van der Waals surface area contributed by atoms with Crippen molar-refractivity contribution < 1.29 is 0 Å². The quantitative estimate of drug-likeness (QED) is 0.318. The van der Waals surface area contributed by atoms with E-state index in [1.807, 2.05) is 0 Å². The first kappa shape index (κ1) is 14.6. The maximum Gasteiger partial charge on any atom is 0.00860 e. The van der Waals surface area contributed by atoms with Crippen LogP contribution in [0.15, 0.2) is 0 Å². The lowest BCUT2D eigenvalue weighted by Gasteiger charge is -2.01. The summed E-state index contributed by atoms with van der Waals surface area (Å²) < 4.78 is 0. The van der Waals surface area contributed by atoms with Crippen LogP contribution in [-0.2, 0) is 0 Å². The van der Waals surface area contributed by atoms with Crippen LogP contribution in [0.4, 0.5) is 0 Å². The van der Waals surface area contributed by atoms with Gasteiger partial charge in [0.15, 0.2) is 0 Å². The third kappa shape index (κ3) is 13.6. The Morgan fingerprint density at radius 2 is 1.07 bits per heavy atom. The molecule has 0 aliphatic heterocycles. The van der Waals surface area contributed by atoms with Crippen molar-refractivity contribution in [3.05, 3.63) is 0 Å². The van der Waals surface area contributed by atoms with Gasteiger partial charge in [-0.05, 0) is 6.42 Å². The van der Waals surface area contributed by atoms with E-state index in [0.717, 1.165) is 6.42 Å². The first-order chi connectivity index (χ1) is 7.41. The molecule has 0 bridgehead atoms. The second kappa shape index (κ2) is 13.6. The van der Waals surface area contributed by atoms with Crippen molar-refractivity contribution in [3.63, 3.8) is 0 Å². The number of terminal acetylenes is 1. The summed E-state index contributed by atoms with van der Waals surface area (Å²) in [7, 11) is 0. The zero-order valence-electron chi connectivity index (χ0n) is 10.6. The molecule has 0 aromatic carbocycles. The molecule has 0 heterocycles. The molecule has 0 rings (SSSR count). The molecule has 0 spiro atoms. The highest BCUT2D eigenvalue weighted by Crippen LogP contribution is 2.11. The van der Waals surface area contributed by atoms with Gasteiger partial charge in [-0.15, -0.1) is 12.3 Å². The van der Waals surface area contributed by atoms with Crippen LogP contribution in [-0.4, -0.2) is 0 Å². The number of unbranched alkanes of at least 4 members (excludes halogenated alkanes) is 11. The van der Waals surface area contributed by atoms with Gasteiger partial charge in [0.05, 0.1) is 0 Å². The zero-order valence-corrected chi connectivity index (χ0v) is 10.6. The molecule has 0 fully saturated rings. The molecular weight excluding hydrogens is 180 g/mol. The lowest BCUT2D eigenvalue weighted by Crippen LogP contribution is -1.81. The molecule has 0 N–H and O–H groups in total. The molecular formula is C15H28. The molecule has 0 aliphatic carbocycles. The van der Waals surface area contributed by atoms with Crippen molar-refractivity contribution in [2.45, 2.75) is 84.0 Å². The summed E-state index contributed by atoms with van der Waals surface area (Å²) in [6, 6.07) is 0. The van der Waals surface area contributed by atoms with Gasteiger partial charge in [-0.2, -0.15) is 0 Å².